The van der Waals surface area contributed by atoms with E-state index in [2.05, 4.69) is 12.2 Å². The van der Waals surface area contributed by atoms with Crippen LogP contribution in [0.2, 0.25) is 0 Å². The molecule has 0 saturated carbocycles. The van der Waals surface area contributed by atoms with E-state index in [4.69, 9.17) is 4.74 Å². The van der Waals surface area contributed by atoms with Gasteiger partial charge >= 0.3 is 0 Å². The molecule has 0 fully saturated rings. The van der Waals surface area contributed by atoms with Gasteiger partial charge in [0.05, 0.1) is 6.61 Å². The van der Waals surface area contributed by atoms with Crippen LogP contribution in [0.4, 0.5) is 8.78 Å². The maximum atomic E-state index is 11.3. The summed E-state index contributed by atoms with van der Waals surface area (Å²) in [6.45, 7) is 1.83. The molecule has 0 N–H and O–H groups in total. The Hall–Kier alpha value is -0.510. The summed E-state index contributed by atoms with van der Waals surface area (Å²) in [6.07, 6.45) is -0.667. The Kier molecular flexibility index (Phi) is 5.02. The second-order valence-electron chi connectivity index (χ2n) is 1.62. The average molecular weight is 166 g/mol. The van der Waals surface area contributed by atoms with Gasteiger partial charge in [0.15, 0.2) is 5.05 Å². The number of halogens is 2. The monoisotopic (exact) mass is 166 g/mol. The van der Waals surface area contributed by atoms with Crippen molar-refractivity contribution < 1.29 is 13.5 Å². The summed E-state index contributed by atoms with van der Waals surface area (Å²) in [4.78, 5) is 0. The molecule has 0 heterocycles. The number of rotatable bonds is 3. The van der Waals surface area contributed by atoms with Gasteiger partial charge in [-0.3, -0.25) is 0 Å². The van der Waals surface area contributed by atoms with Crippen LogP contribution in [0, 0.1) is 0 Å². The molecule has 0 aromatic rings. The molecule has 0 aliphatic carbocycles. The van der Waals surface area contributed by atoms with Gasteiger partial charge in [0.2, 0.25) is 0 Å². The molecule has 10 heavy (non-hydrogen) atoms. The van der Waals surface area contributed by atoms with Crippen molar-refractivity contribution in [1.82, 2.24) is 0 Å². The summed E-state index contributed by atoms with van der Waals surface area (Å²) in [5.74, 6) is 0. The molecule has 0 spiro atoms. The fourth-order valence-corrected chi connectivity index (χ4v) is 0.454. The highest BCUT2D eigenvalue weighted by atomic mass is 32.1. The maximum absolute atomic E-state index is 11.3. The Morgan fingerprint density at radius 3 is 2.60 bits per heavy atom. The van der Waals surface area contributed by atoms with Crippen molar-refractivity contribution >= 4 is 17.3 Å². The first kappa shape index (κ1) is 9.49. The van der Waals surface area contributed by atoms with E-state index >= 15 is 0 Å². The van der Waals surface area contributed by atoms with Gasteiger partial charge in [0.1, 0.15) is 0 Å². The molecule has 0 unspecified atom stereocenters. The highest BCUT2D eigenvalue weighted by molar-refractivity contribution is 7.80. The molecular weight excluding hydrogens is 158 g/mol. The fraction of sp³-hybridized carbons (Fsp3) is 0.500. The Balaban J connectivity index is 3.21. The first-order chi connectivity index (χ1) is 4.63. The van der Waals surface area contributed by atoms with Crippen molar-refractivity contribution in [1.29, 1.82) is 0 Å². The lowest BCUT2D eigenvalue weighted by Gasteiger charge is -1.98. The molecule has 58 valence electrons. The smallest absolute Gasteiger partial charge is 0.266 e. The van der Waals surface area contributed by atoms with Gasteiger partial charge in [-0.2, -0.15) is 8.78 Å². The van der Waals surface area contributed by atoms with Crippen LogP contribution in [-0.4, -0.2) is 11.7 Å². The van der Waals surface area contributed by atoms with Crippen LogP contribution < -0.4 is 0 Å². The summed E-state index contributed by atoms with van der Waals surface area (Å²) in [5.41, 5.74) is 0. The van der Waals surface area contributed by atoms with E-state index in [1.807, 2.05) is 0 Å². The van der Waals surface area contributed by atoms with E-state index in [0.29, 0.717) is 5.05 Å². The molecule has 4 heteroatoms. The van der Waals surface area contributed by atoms with Crippen LogP contribution in [0.3, 0.4) is 0 Å². The normalized spacial score (nSPS) is 8.70. The lowest BCUT2D eigenvalue weighted by atomic mass is 10.4. The molecular formula is C6H8F2OS. The zero-order valence-corrected chi connectivity index (χ0v) is 6.38. The van der Waals surface area contributed by atoms with Crippen LogP contribution in [0.15, 0.2) is 12.2 Å². The summed E-state index contributed by atoms with van der Waals surface area (Å²) in [6, 6.07) is 0. The van der Waals surface area contributed by atoms with Gasteiger partial charge in [-0.25, -0.2) is 0 Å². The lowest BCUT2D eigenvalue weighted by molar-refractivity contribution is 0.314. The first-order valence-corrected chi connectivity index (χ1v) is 3.18. The van der Waals surface area contributed by atoms with Gasteiger partial charge in [0.25, 0.3) is 6.08 Å². The topological polar surface area (TPSA) is 9.23 Å². The van der Waals surface area contributed by atoms with E-state index in [0.717, 1.165) is 6.08 Å². The minimum atomic E-state index is -1.68. The second-order valence-corrected chi connectivity index (χ2v) is 2.20. The number of hydrogen-bond donors (Lipinski definition) is 0. The molecule has 1 nitrogen and oxygen atoms in total. The minimum Gasteiger partial charge on any atom is -0.487 e. The van der Waals surface area contributed by atoms with Gasteiger partial charge < -0.3 is 4.74 Å². The molecule has 0 rings (SSSR count). The van der Waals surface area contributed by atoms with Gasteiger partial charge in [-0.15, -0.1) is 0 Å². The third-order valence-corrected chi connectivity index (χ3v) is 0.840. The minimum absolute atomic E-state index is 0.205. The van der Waals surface area contributed by atoms with Crippen LogP contribution in [0.1, 0.15) is 13.3 Å². The van der Waals surface area contributed by atoms with Gasteiger partial charge in [-0.1, -0.05) is 0 Å². The Bertz CT molecular complexity index is 141. The summed E-state index contributed by atoms with van der Waals surface area (Å²) in [5, 5.41) is 0.382. The van der Waals surface area contributed by atoms with Crippen molar-refractivity contribution in [3.63, 3.8) is 0 Å². The number of hydrogen-bond acceptors (Lipinski definition) is 2. The zero-order chi connectivity index (χ0) is 7.98. The van der Waals surface area contributed by atoms with Crippen LogP contribution >= 0.6 is 12.2 Å². The van der Waals surface area contributed by atoms with Gasteiger partial charge in [-0.05, 0) is 18.3 Å². The van der Waals surface area contributed by atoms with E-state index in [1.54, 1.807) is 6.92 Å². The average Bonchev–Trinajstić information content (AvgIpc) is 1.79. The summed E-state index contributed by atoms with van der Waals surface area (Å²) in [7, 11) is 0. The highest BCUT2D eigenvalue weighted by Gasteiger charge is 1.89. The van der Waals surface area contributed by atoms with Crippen molar-refractivity contribution in [2.24, 2.45) is 0 Å². The quantitative estimate of drug-likeness (QED) is 0.470. The number of thiocarbonyl (C=S) groups is 1. The SMILES string of the molecule is CC(=S)OCCC=C(F)F. The zero-order valence-electron chi connectivity index (χ0n) is 5.56. The van der Waals surface area contributed by atoms with E-state index in [1.165, 1.54) is 0 Å². The molecule has 0 saturated heterocycles. The maximum Gasteiger partial charge on any atom is 0.266 e. The van der Waals surface area contributed by atoms with Crippen LogP contribution in [0.5, 0.6) is 0 Å². The molecule has 0 radical (unpaired) electrons. The third-order valence-electron chi connectivity index (χ3n) is 0.722. The van der Waals surface area contributed by atoms with Crippen molar-refractivity contribution in [3.05, 3.63) is 12.2 Å². The standard InChI is InChI=1S/C6H8F2OS/c1-5(10)9-4-2-3-6(7)8/h3H,2,4H2,1H3. The fourth-order valence-electron chi connectivity index (χ4n) is 0.371. The summed E-state index contributed by atoms with van der Waals surface area (Å²) >= 11 is 4.54. The molecule has 0 aliphatic rings. The lowest BCUT2D eigenvalue weighted by Crippen LogP contribution is -1.96. The third kappa shape index (κ3) is 7.49. The van der Waals surface area contributed by atoms with Crippen molar-refractivity contribution in [3.8, 4) is 0 Å². The molecule has 0 aromatic heterocycles. The predicted molar refractivity (Wildman–Crippen MR) is 39.1 cm³/mol. The molecule has 0 aromatic carbocycles. The van der Waals surface area contributed by atoms with Crippen molar-refractivity contribution in [2.45, 2.75) is 13.3 Å². The van der Waals surface area contributed by atoms with E-state index in [9.17, 15) is 8.78 Å². The number of ether oxygens (including phenoxy) is 1. The summed E-state index contributed by atoms with van der Waals surface area (Å²) < 4.78 is 27.4. The second kappa shape index (κ2) is 5.29. The van der Waals surface area contributed by atoms with Crippen molar-refractivity contribution in [2.75, 3.05) is 6.61 Å². The van der Waals surface area contributed by atoms with Gasteiger partial charge in [0, 0.05) is 13.3 Å². The molecule has 0 bridgehead atoms. The van der Waals surface area contributed by atoms with Crippen LogP contribution in [0.25, 0.3) is 0 Å². The molecule has 0 amide bonds. The molecule has 0 aliphatic heterocycles. The molecule has 0 atom stereocenters. The highest BCUT2D eigenvalue weighted by Crippen LogP contribution is 1.98. The largest absolute Gasteiger partial charge is 0.487 e. The predicted octanol–water partition coefficient (Wildman–Crippen LogP) is 2.52. The Morgan fingerprint density at radius 2 is 2.20 bits per heavy atom. The van der Waals surface area contributed by atoms with E-state index in [-0.39, 0.29) is 13.0 Å². The Morgan fingerprint density at radius 1 is 1.60 bits per heavy atom. The van der Waals surface area contributed by atoms with Crippen LogP contribution in [-0.2, 0) is 4.74 Å². The van der Waals surface area contributed by atoms with E-state index < -0.39 is 6.08 Å². The Labute approximate surface area is 63.7 Å². The first-order valence-electron chi connectivity index (χ1n) is 2.77.